The van der Waals surface area contributed by atoms with Crippen LogP contribution in [-0.2, 0) is 4.79 Å². The number of amides is 1. The van der Waals surface area contributed by atoms with E-state index in [0.29, 0.717) is 0 Å². The summed E-state index contributed by atoms with van der Waals surface area (Å²) in [4.78, 5) is 10.3. The van der Waals surface area contributed by atoms with E-state index in [0.717, 1.165) is 0 Å². The molecule has 0 unspecified atom stereocenters. The molecular weight excluding hydrogens is 166 g/mol. The number of rotatable bonds is 2. The van der Waals surface area contributed by atoms with Crippen molar-refractivity contribution in [1.82, 2.24) is 5.43 Å². The third-order valence-electron chi connectivity index (χ3n) is 0.825. The summed E-state index contributed by atoms with van der Waals surface area (Å²) in [6, 6.07) is 0. The van der Waals surface area contributed by atoms with Gasteiger partial charge in [-0.25, -0.2) is 5.43 Å². The van der Waals surface area contributed by atoms with Crippen molar-refractivity contribution in [2.45, 2.75) is 27.2 Å². The van der Waals surface area contributed by atoms with Gasteiger partial charge in [-0.15, -0.1) is 0 Å². The molecule has 0 aliphatic heterocycles. The van der Waals surface area contributed by atoms with Crippen molar-refractivity contribution >= 4 is 12.1 Å². The molecule has 0 aromatic heterocycles. The number of hydrazone groups is 1. The average Bonchev–Trinajstić information content (AvgIpc) is 1.84. The second-order valence-corrected chi connectivity index (χ2v) is 3.40. The Bertz CT molecular complexity index is 184. The quantitative estimate of drug-likeness (QED) is 0.504. The van der Waals surface area contributed by atoms with Crippen molar-refractivity contribution in [3.8, 4) is 0 Å². The highest BCUT2D eigenvalue weighted by atomic mass is 19.3. The zero-order valence-electron chi connectivity index (χ0n) is 7.27. The van der Waals surface area contributed by atoms with Gasteiger partial charge in [0.15, 0.2) is 0 Å². The van der Waals surface area contributed by atoms with Crippen molar-refractivity contribution in [3.63, 3.8) is 0 Å². The highest BCUT2D eigenvalue weighted by Crippen LogP contribution is 2.07. The number of hydrogen-bond acceptors (Lipinski definition) is 2. The van der Waals surface area contributed by atoms with Crippen LogP contribution < -0.4 is 5.43 Å². The van der Waals surface area contributed by atoms with Gasteiger partial charge in [-0.3, -0.25) is 4.79 Å². The second kappa shape index (κ2) is 4.13. The van der Waals surface area contributed by atoms with Crippen molar-refractivity contribution in [2.24, 2.45) is 10.5 Å². The Labute approximate surface area is 69.8 Å². The maximum absolute atomic E-state index is 11.6. The summed E-state index contributed by atoms with van der Waals surface area (Å²) in [6.07, 6.45) is -1.62. The summed E-state index contributed by atoms with van der Waals surface area (Å²) in [6.45, 7) is 5.51. The number of hydrogen-bond donors (Lipinski definition) is 1. The first-order valence-corrected chi connectivity index (χ1v) is 3.45. The van der Waals surface area contributed by atoms with E-state index < -0.39 is 12.3 Å². The Balaban J connectivity index is 3.84. The van der Waals surface area contributed by atoms with E-state index in [2.05, 4.69) is 5.10 Å². The van der Waals surface area contributed by atoms with E-state index in [1.165, 1.54) is 6.21 Å². The molecule has 0 bridgehead atoms. The number of carbonyl (C=O) groups is 1. The highest BCUT2D eigenvalue weighted by molar-refractivity contribution is 5.80. The predicted octanol–water partition coefficient (Wildman–Crippen LogP) is 1.40. The SMILES string of the molecule is CC(C)(C)/C=N/NC(=O)C(F)F. The summed E-state index contributed by atoms with van der Waals surface area (Å²) < 4.78 is 23.1. The molecule has 3 nitrogen and oxygen atoms in total. The molecule has 1 amide bonds. The highest BCUT2D eigenvalue weighted by Gasteiger charge is 2.13. The summed E-state index contributed by atoms with van der Waals surface area (Å²) in [5, 5.41) is 3.36. The first-order valence-electron chi connectivity index (χ1n) is 3.45. The number of carbonyl (C=O) groups excluding carboxylic acids is 1. The molecule has 0 spiro atoms. The Hall–Kier alpha value is -1.00. The number of halogens is 2. The lowest BCUT2D eigenvalue weighted by Crippen LogP contribution is -2.25. The van der Waals surface area contributed by atoms with Gasteiger partial charge in [-0.05, 0) is 5.41 Å². The van der Waals surface area contributed by atoms with Crippen LogP contribution in [0.1, 0.15) is 20.8 Å². The Morgan fingerprint density at radius 2 is 2.00 bits per heavy atom. The molecule has 0 saturated heterocycles. The van der Waals surface area contributed by atoms with Crippen LogP contribution in [0.3, 0.4) is 0 Å². The van der Waals surface area contributed by atoms with Gasteiger partial charge in [-0.2, -0.15) is 13.9 Å². The lowest BCUT2D eigenvalue weighted by molar-refractivity contribution is -0.131. The number of alkyl halides is 2. The maximum atomic E-state index is 11.6. The molecule has 0 fully saturated rings. The van der Waals surface area contributed by atoms with E-state index in [-0.39, 0.29) is 5.41 Å². The largest absolute Gasteiger partial charge is 0.317 e. The maximum Gasteiger partial charge on any atom is 0.317 e. The molecule has 0 atom stereocenters. The van der Waals surface area contributed by atoms with Crippen molar-refractivity contribution < 1.29 is 13.6 Å². The fraction of sp³-hybridized carbons (Fsp3) is 0.714. The fourth-order valence-electron chi connectivity index (χ4n) is 0.338. The van der Waals surface area contributed by atoms with Crippen molar-refractivity contribution in [3.05, 3.63) is 0 Å². The molecule has 5 heteroatoms. The molecule has 0 aliphatic carbocycles. The monoisotopic (exact) mass is 178 g/mol. The van der Waals surface area contributed by atoms with Crippen molar-refractivity contribution in [1.29, 1.82) is 0 Å². The molecule has 12 heavy (non-hydrogen) atoms. The van der Waals surface area contributed by atoms with Gasteiger partial charge >= 0.3 is 12.3 Å². The second-order valence-electron chi connectivity index (χ2n) is 3.40. The van der Waals surface area contributed by atoms with E-state index in [1.807, 2.05) is 20.8 Å². The minimum Gasteiger partial charge on any atom is -0.266 e. The predicted molar refractivity (Wildman–Crippen MR) is 42.1 cm³/mol. The molecule has 0 aromatic rings. The first kappa shape index (κ1) is 11.0. The molecule has 0 heterocycles. The summed E-state index contributed by atoms with van der Waals surface area (Å²) >= 11 is 0. The van der Waals surface area contributed by atoms with Gasteiger partial charge in [0, 0.05) is 6.21 Å². The van der Waals surface area contributed by atoms with Crippen LogP contribution in [0.15, 0.2) is 5.10 Å². The molecule has 0 aromatic carbocycles. The Morgan fingerprint density at radius 3 is 2.33 bits per heavy atom. The van der Waals surface area contributed by atoms with Crippen LogP contribution in [0.4, 0.5) is 8.78 Å². The molecule has 0 saturated carbocycles. The van der Waals surface area contributed by atoms with Gasteiger partial charge in [0.2, 0.25) is 0 Å². The zero-order chi connectivity index (χ0) is 9.78. The number of nitrogens with zero attached hydrogens (tertiary/aromatic N) is 1. The third-order valence-corrected chi connectivity index (χ3v) is 0.825. The van der Waals surface area contributed by atoms with Crippen molar-refractivity contribution in [2.75, 3.05) is 0 Å². The van der Waals surface area contributed by atoms with Crippen LogP contribution >= 0.6 is 0 Å². The lowest BCUT2D eigenvalue weighted by atomic mass is 9.99. The zero-order valence-corrected chi connectivity index (χ0v) is 7.27. The first-order chi connectivity index (χ1) is 5.33. The molecule has 0 aliphatic rings. The summed E-state index contributed by atoms with van der Waals surface area (Å²) in [7, 11) is 0. The minimum atomic E-state index is -3.01. The van der Waals surface area contributed by atoms with Crippen LogP contribution in [0.2, 0.25) is 0 Å². The Morgan fingerprint density at radius 1 is 1.50 bits per heavy atom. The van der Waals surface area contributed by atoms with E-state index in [4.69, 9.17) is 0 Å². The minimum absolute atomic E-state index is 0.227. The Kier molecular flexibility index (Phi) is 3.79. The average molecular weight is 178 g/mol. The lowest BCUT2D eigenvalue weighted by Gasteiger charge is -2.09. The third kappa shape index (κ3) is 5.76. The van der Waals surface area contributed by atoms with Gasteiger partial charge in [0.25, 0.3) is 0 Å². The molecular formula is C7H12F2N2O. The molecule has 70 valence electrons. The van der Waals surface area contributed by atoms with Gasteiger partial charge in [0.05, 0.1) is 0 Å². The van der Waals surface area contributed by atoms with Crippen LogP contribution in [-0.4, -0.2) is 18.5 Å². The molecule has 0 rings (SSSR count). The normalized spacial score (nSPS) is 12.5. The standard InChI is InChI=1S/C7H12F2N2O/c1-7(2,3)4-10-11-6(12)5(8)9/h4-5H,1-3H3,(H,11,12)/b10-4+. The molecule has 1 N–H and O–H groups in total. The van der Waals surface area contributed by atoms with Crippen LogP contribution in [0, 0.1) is 5.41 Å². The summed E-state index contributed by atoms with van der Waals surface area (Å²) in [5.74, 6) is -1.38. The van der Waals surface area contributed by atoms with Gasteiger partial charge in [0.1, 0.15) is 0 Å². The van der Waals surface area contributed by atoms with Gasteiger partial charge in [-0.1, -0.05) is 20.8 Å². The molecule has 0 radical (unpaired) electrons. The topological polar surface area (TPSA) is 41.5 Å². The van der Waals surface area contributed by atoms with E-state index in [1.54, 1.807) is 5.43 Å². The summed E-state index contributed by atoms with van der Waals surface area (Å²) in [5.41, 5.74) is 1.49. The van der Waals surface area contributed by atoms with Gasteiger partial charge < -0.3 is 0 Å². The number of nitrogens with one attached hydrogen (secondary N) is 1. The van der Waals surface area contributed by atoms with Crippen LogP contribution in [0.25, 0.3) is 0 Å². The van der Waals surface area contributed by atoms with E-state index >= 15 is 0 Å². The van der Waals surface area contributed by atoms with Crippen LogP contribution in [0.5, 0.6) is 0 Å². The van der Waals surface area contributed by atoms with E-state index in [9.17, 15) is 13.6 Å². The fourth-order valence-corrected chi connectivity index (χ4v) is 0.338. The smallest absolute Gasteiger partial charge is 0.266 e.